The van der Waals surface area contributed by atoms with Gasteiger partial charge in [0.15, 0.2) is 0 Å². The molecule has 0 spiro atoms. The van der Waals surface area contributed by atoms with Crippen molar-refractivity contribution < 1.29 is 4.21 Å². The first-order chi connectivity index (χ1) is 6.00. The van der Waals surface area contributed by atoms with Crippen LogP contribution in [0.1, 0.15) is 0 Å². The summed E-state index contributed by atoms with van der Waals surface area (Å²) in [6.45, 7) is 0. The number of halogens is 5. The van der Waals surface area contributed by atoms with Crippen molar-refractivity contribution in [2.45, 2.75) is 4.90 Å². The second-order valence-electron chi connectivity index (χ2n) is 1.98. The van der Waals surface area contributed by atoms with Gasteiger partial charge < -0.3 is 0 Å². The maximum atomic E-state index is 10.6. The maximum Gasteiger partial charge on any atom is 0.508 e. The summed E-state index contributed by atoms with van der Waals surface area (Å²) < 4.78 is 10.6. The molecule has 0 saturated carbocycles. The maximum absolute atomic E-state index is 10.6. The lowest BCUT2D eigenvalue weighted by atomic mass is 10.3. The average Bonchev–Trinajstić information content (AvgIpc) is 2.13. The van der Waals surface area contributed by atoms with Gasteiger partial charge in [0.05, 0.1) is 15.1 Å². The minimum absolute atomic E-state index is 0.0288. The highest BCUT2D eigenvalue weighted by Crippen LogP contribution is 2.43. The predicted molar refractivity (Wildman–Crippen MR) is 57.8 cm³/mol. The van der Waals surface area contributed by atoms with E-state index in [1.807, 2.05) is 0 Å². The molecule has 0 fully saturated rings. The van der Waals surface area contributed by atoms with E-state index in [1.54, 1.807) is 0 Å². The fourth-order valence-electron chi connectivity index (χ4n) is 0.658. The molecule has 0 bridgehead atoms. The third kappa shape index (κ3) is 2.04. The van der Waals surface area contributed by atoms with Crippen LogP contribution < -0.4 is 0 Å². The molecule has 0 saturated heterocycles. The first kappa shape index (κ1) is 11.8. The monoisotopic (exact) mass is 295 g/mol. The molecule has 0 atom stereocenters. The van der Waals surface area contributed by atoms with Crippen LogP contribution in [-0.2, 0) is 15.9 Å². The topological polar surface area (TPSA) is 17.1 Å². The molecular formula is C6Cl5OS+. The molecule has 1 nitrogen and oxygen atoms in total. The minimum Gasteiger partial charge on any atom is -0.0810 e. The predicted octanol–water partition coefficient (Wildman–Crippen LogP) is 4.74. The van der Waals surface area contributed by atoms with Crippen LogP contribution >= 0.6 is 58.0 Å². The molecule has 0 aromatic heterocycles. The van der Waals surface area contributed by atoms with Crippen LogP contribution in [0, 0.1) is 0 Å². The van der Waals surface area contributed by atoms with Crippen molar-refractivity contribution in [3.8, 4) is 0 Å². The van der Waals surface area contributed by atoms with Crippen molar-refractivity contribution >= 4 is 69.7 Å². The summed E-state index contributed by atoms with van der Waals surface area (Å²) in [5, 5.41) is 0.186. The van der Waals surface area contributed by atoms with Crippen LogP contribution in [0.2, 0.25) is 25.1 Å². The van der Waals surface area contributed by atoms with Gasteiger partial charge in [0.1, 0.15) is 10.0 Å². The average molecular weight is 297 g/mol. The normalized spacial score (nSPS) is 10.2. The van der Waals surface area contributed by atoms with Crippen LogP contribution in [0.15, 0.2) is 4.90 Å². The quantitative estimate of drug-likeness (QED) is 0.416. The first-order valence-electron chi connectivity index (χ1n) is 2.82. The number of hydrogen-bond acceptors (Lipinski definition) is 1. The lowest BCUT2D eigenvalue weighted by molar-refractivity contribution is 0.605. The molecule has 0 aliphatic heterocycles. The van der Waals surface area contributed by atoms with E-state index in [0.29, 0.717) is 0 Å². The molecule has 0 N–H and O–H groups in total. The molecule has 0 unspecified atom stereocenters. The fraction of sp³-hybridized carbons (Fsp3) is 0. The summed E-state index contributed by atoms with van der Waals surface area (Å²) in [5.41, 5.74) is 0. The molecule has 70 valence electrons. The van der Waals surface area contributed by atoms with E-state index in [9.17, 15) is 4.21 Å². The van der Waals surface area contributed by atoms with Gasteiger partial charge in [-0.2, -0.15) is 0 Å². The second kappa shape index (κ2) is 4.47. The third-order valence-electron chi connectivity index (χ3n) is 1.25. The minimum atomic E-state index is 0.0288. The van der Waals surface area contributed by atoms with Crippen LogP contribution in [0.3, 0.4) is 0 Å². The van der Waals surface area contributed by atoms with Crippen LogP contribution in [-0.4, -0.2) is 0 Å². The molecule has 13 heavy (non-hydrogen) atoms. The Morgan fingerprint density at radius 3 is 1.31 bits per heavy atom. The molecule has 1 aromatic carbocycles. The molecule has 0 amide bonds. The molecule has 1 aromatic rings. The number of benzene rings is 1. The van der Waals surface area contributed by atoms with E-state index in [0.717, 1.165) is 0 Å². The van der Waals surface area contributed by atoms with Crippen molar-refractivity contribution in [1.29, 1.82) is 0 Å². The van der Waals surface area contributed by atoms with Gasteiger partial charge >= 0.3 is 16.6 Å². The molecule has 0 heterocycles. The zero-order valence-corrected chi connectivity index (χ0v) is 10.3. The number of hydrogen-bond donors (Lipinski definition) is 0. The van der Waals surface area contributed by atoms with E-state index in [2.05, 4.69) is 0 Å². The highest BCUT2D eigenvalue weighted by molar-refractivity contribution is 7.66. The lowest BCUT2D eigenvalue weighted by Gasteiger charge is -2.01. The van der Waals surface area contributed by atoms with E-state index < -0.39 is 0 Å². The Kier molecular flexibility index (Phi) is 4.05. The Hall–Kier alpha value is 0.690. The third-order valence-corrected chi connectivity index (χ3v) is 4.33. The van der Waals surface area contributed by atoms with Crippen molar-refractivity contribution in [2.24, 2.45) is 0 Å². The number of rotatable bonds is 1. The Morgan fingerprint density at radius 2 is 1.00 bits per heavy atom. The van der Waals surface area contributed by atoms with Gasteiger partial charge in [-0.1, -0.05) is 58.0 Å². The fourth-order valence-corrected chi connectivity index (χ4v) is 2.45. The van der Waals surface area contributed by atoms with Gasteiger partial charge in [-0.15, -0.1) is 0 Å². The van der Waals surface area contributed by atoms with E-state index in [-0.39, 0.29) is 41.7 Å². The zero-order valence-electron chi connectivity index (χ0n) is 5.71. The Bertz CT molecular complexity index is 349. The largest absolute Gasteiger partial charge is 0.508 e. The molecule has 7 heteroatoms. The van der Waals surface area contributed by atoms with Crippen LogP contribution in [0.5, 0.6) is 0 Å². The summed E-state index contributed by atoms with van der Waals surface area (Å²) in [6, 6.07) is 0. The van der Waals surface area contributed by atoms with Gasteiger partial charge in [-0.25, -0.2) is 0 Å². The highest BCUT2D eigenvalue weighted by Gasteiger charge is 2.27. The van der Waals surface area contributed by atoms with Crippen molar-refractivity contribution in [3.05, 3.63) is 25.1 Å². The smallest absolute Gasteiger partial charge is 0.0810 e. The lowest BCUT2D eigenvalue weighted by Crippen LogP contribution is -1.84. The standard InChI is InChI=1S/C6Cl5OS/c7-1-2(8)4(10)6(13-12)5(11)3(1)9/q+1. The SMILES string of the molecule is O=[S+]c1c(Cl)c(Cl)c(Cl)c(Cl)c1Cl. The van der Waals surface area contributed by atoms with Gasteiger partial charge in [0.25, 0.3) is 0 Å². The summed E-state index contributed by atoms with van der Waals surface area (Å²) in [4.78, 5) is 0.0859. The van der Waals surface area contributed by atoms with Gasteiger partial charge in [0.2, 0.25) is 0 Å². The highest BCUT2D eigenvalue weighted by atomic mass is 35.5. The van der Waals surface area contributed by atoms with E-state index >= 15 is 0 Å². The van der Waals surface area contributed by atoms with Gasteiger partial charge in [-0.05, 0) is 0 Å². The van der Waals surface area contributed by atoms with E-state index in [4.69, 9.17) is 58.0 Å². The molecule has 0 aliphatic rings. The Labute approximate surface area is 103 Å². The second-order valence-corrected chi connectivity index (χ2v) is 4.45. The first-order valence-corrected chi connectivity index (χ1v) is 5.45. The molecule has 1 rings (SSSR count). The van der Waals surface area contributed by atoms with Crippen LogP contribution in [0.4, 0.5) is 0 Å². The molecule has 0 aliphatic carbocycles. The summed E-state index contributed by atoms with van der Waals surface area (Å²) in [6.07, 6.45) is 0. The van der Waals surface area contributed by atoms with Gasteiger partial charge in [-0.3, -0.25) is 0 Å². The summed E-state index contributed by atoms with van der Waals surface area (Å²) in [5.74, 6) is 0. The summed E-state index contributed by atoms with van der Waals surface area (Å²) >= 11 is 28.5. The summed E-state index contributed by atoms with van der Waals surface area (Å²) in [7, 11) is 0. The van der Waals surface area contributed by atoms with E-state index in [1.165, 1.54) is 0 Å². The van der Waals surface area contributed by atoms with Crippen molar-refractivity contribution in [2.75, 3.05) is 0 Å². The van der Waals surface area contributed by atoms with Crippen LogP contribution in [0.25, 0.3) is 0 Å². The van der Waals surface area contributed by atoms with Crippen molar-refractivity contribution in [1.82, 2.24) is 0 Å². The Morgan fingerprint density at radius 1 is 0.692 bits per heavy atom. The Balaban J connectivity index is 3.66. The van der Waals surface area contributed by atoms with Gasteiger partial charge in [0, 0.05) is 4.21 Å². The van der Waals surface area contributed by atoms with Crippen molar-refractivity contribution in [3.63, 3.8) is 0 Å². The molecule has 0 radical (unpaired) electrons. The molecular weight excluding hydrogens is 297 g/mol. The zero-order chi connectivity index (χ0) is 10.2.